The van der Waals surface area contributed by atoms with Crippen molar-refractivity contribution in [1.29, 1.82) is 0 Å². The summed E-state index contributed by atoms with van der Waals surface area (Å²) in [5.41, 5.74) is 0.817. The molecule has 1 N–H and O–H groups in total. The highest BCUT2D eigenvalue weighted by atomic mass is 35.5. The first-order valence-electron chi connectivity index (χ1n) is 5.20. The monoisotopic (exact) mass is 283 g/mol. The van der Waals surface area contributed by atoms with Crippen molar-refractivity contribution in [1.82, 2.24) is 9.97 Å². The number of hydrogen-bond donors (Lipinski definition) is 1. The third-order valence-electron chi connectivity index (χ3n) is 2.27. The van der Waals surface area contributed by atoms with Gasteiger partial charge < -0.3 is 5.11 Å². The van der Waals surface area contributed by atoms with Crippen LogP contribution in [-0.4, -0.2) is 27.7 Å². The Labute approximate surface area is 113 Å². The van der Waals surface area contributed by atoms with Crippen LogP contribution in [0.4, 0.5) is 9.80 Å². The van der Waals surface area contributed by atoms with E-state index < -0.39 is 6.09 Å². The van der Waals surface area contributed by atoms with Crippen LogP contribution in [0.2, 0.25) is 5.15 Å². The third kappa shape index (κ3) is 2.44. The van der Waals surface area contributed by atoms with E-state index in [0.717, 1.165) is 5.56 Å². The van der Waals surface area contributed by atoms with Crippen molar-refractivity contribution in [3.63, 3.8) is 0 Å². The number of amides is 1. The van der Waals surface area contributed by atoms with E-state index in [9.17, 15) is 4.79 Å². The average Bonchev–Trinajstić information content (AvgIpc) is 2.73. The number of aromatic nitrogens is 2. The molecule has 2 aromatic rings. The maximum absolute atomic E-state index is 11.1. The van der Waals surface area contributed by atoms with E-state index in [2.05, 4.69) is 9.97 Å². The number of halogens is 1. The molecule has 2 heterocycles. The average molecular weight is 284 g/mol. The SMILES string of the molecule is CCN(C(=O)O)c1sc(-c2cccnc2)nc1Cl. The number of carboxylic acid groups (broad SMARTS) is 1. The Balaban J connectivity index is 2.41. The number of nitrogens with zero attached hydrogens (tertiary/aromatic N) is 3. The van der Waals surface area contributed by atoms with Crippen LogP contribution in [0.3, 0.4) is 0 Å². The van der Waals surface area contributed by atoms with E-state index >= 15 is 0 Å². The molecule has 0 radical (unpaired) electrons. The molecule has 0 saturated heterocycles. The maximum atomic E-state index is 11.1. The molecule has 0 saturated carbocycles. The summed E-state index contributed by atoms with van der Waals surface area (Å²) >= 11 is 7.22. The fourth-order valence-electron chi connectivity index (χ4n) is 1.44. The molecule has 0 fully saturated rings. The molecule has 7 heteroatoms. The van der Waals surface area contributed by atoms with Gasteiger partial charge in [-0.1, -0.05) is 22.9 Å². The zero-order valence-electron chi connectivity index (χ0n) is 9.50. The van der Waals surface area contributed by atoms with Gasteiger partial charge in [0, 0.05) is 24.5 Å². The standard InChI is InChI=1S/C11H10ClN3O2S/c1-2-15(11(16)17)10-8(12)14-9(18-10)7-4-3-5-13-6-7/h3-6H,2H2,1H3,(H,16,17). The largest absolute Gasteiger partial charge is 0.465 e. The highest BCUT2D eigenvalue weighted by Gasteiger charge is 2.20. The first-order chi connectivity index (χ1) is 8.63. The summed E-state index contributed by atoms with van der Waals surface area (Å²) < 4.78 is 0. The van der Waals surface area contributed by atoms with E-state index in [4.69, 9.17) is 16.7 Å². The molecule has 1 amide bonds. The van der Waals surface area contributed by atoms with Crippen LogP contribution < -0.4 is 4.90 Å². The van der Waals surface area contributed by atoms with Crippen LogP contribution in [0.5, 0.6) is 0 Å². The van der Waals surface area contributed by atoms with Gasteiger partial charge in [-0.2, -0.15) is 0 Å². The molecule has 0 unspecified atom stereocenters. The molecule has 2 rings (SSSR count). The molecule has 94 valence electrons. The fraction of sp³-hybridized carbons (Fsp3) is 0.182. The summed E-state index contributed by atoms with van der Waals surface area (Å²) in [5, 5.41) is 10.4. The first kappa shape index (κ1) is 12.8. The van der Waals surface area contributed by atoms with Crippen LogP contribution in [0.25, 0.3) is 10.6 Å². The molecular weight excluding hydrogens is 274 g/mol. The van der Waals surface area contributed by atoms with Crippen molar-refractivity contribution in [2.45, 2.75) is 6.92 Å². The molecular formula is C11H10ClN3O2S. The highest BCUT2D eigenvalue weighted by Crippen LogP contribution is 2.37. The van der Waals surface area contributed by atoms with Gasteiger partial charge in [-0.3, -0.25) is 9.88 Å². The van der Waals surface area contributed by atoms with Gasteiger partial charge in [0.15, 0.2) is 5.15 Å². The zero-order chi connectivity index (χ0) is 13.1. The zero-order valence-corrected chi connectivity index (χ0v) is 11.1. The van der Waals surface area contributed by atoms with Crippen molar-refractivity contribution in [2.24, 2.45) is 0 Å². The molecule has 0 aromatic carbocycles. The van der Waals surface area contributed by atoms with Gasteiger partial charge >= 0.3 is 6.09 Å². The first-order valence-corrected chi connectivity index (χ1v) is 6.40. The molecule has 0 spiro atoms. The molecule has 0 aliphatic rings. The van der Waals surface area contributed by atoms with Crippen molar-refractivity contribution < 1.29 is 9.90 Å². The molecule has 2 aromatic heterocycles. The Morgan fingerprint density at radius 2 is 2.39 bits per heavy atom. The lowest BCUT2D eigenvalue weighted by molar-refractivity contribution is 0.202. The van der Waals surface area contributed by atoms with Crippen molar-refractivity contribution >= 4 is 34.0 Å². The van der Waals surface area contributed by atoms with Gasteiger partial charge in [-0.15, -0.1) is 0 Å². The van der Waals surface area contributed by atoms with Crippen LogP contribution in [0.1, 0.15) is 6.92 Å². The number of carbonyl (C=O) groups is 1. The molecule has 5 nitrogen and oxygen atoms in total. The highest BCUT2D eigenvalue weighted by molar-refractivity contribution is 7.19. The van der Waals surface area contributed by atoms with E-state index in [1.54, 1.807) is 25.4 Å². The number of pyridine rings is 1. The van der Waals surface area contributed by atoms with Gasteiger partial charge in [-0.05, 0) is 19.1 Å². The second-order valence-corrected chi connectivity index (χ2v) is 4.72. The van der Waals surface area contributed by atoms with Crippen LogP contribution >= 0.6 is 22.9 Å². The van der Waals surface area contributed by atoms with E-state index in [-0.39, 0.29) is 5.15 Å². The van der Waals surface area contributed by atoms with Gasteiger partial charge in [0.2, 0.25) is 0 Å². The molecule has 0 bridgehead atoms. The number of hydrogen-bond acceptors (Lipinski definition) is 4. The van der Waals surface area contributed by atoms with Gasteiger partial charge in [-0.25, -0.2) is 9.78 Å². The molecule has 0 atom stereocenters. The van der Waals surface area contributed by atoms with Crippen LogP contribution in [-0.2, 0) is 0 Å². The minimum atomic E-state index is -1.04. The predicted octanol–water partition coefficient (Wildman–Crippen LogP) is 3.36. The fourth-order valence-corrected chi connectivity index (χ4v) is 2.80. The lowest BCUT2D eigenvalue weighted by Crippen LogP contribution is -2.28. The lowest BCUT2D eigenvalue weighted by atomic mass is 10.3. The summed E-state index contributed by atoms with van der Waals surface area (Å²) in [5.74, 6) is 0. The molecule has 18 heavy (non-hydrogen) atoms. The smallest absolute Gasteiger partial charge is 0.412 e. The third-order valence-corrected chi connectivity index (χ3v) is 3.77. The lowest BCUT2D eigenvalue weighted by Gasteiger charge is -2.13. The topological polar surface area (TPSA) is 66.3 Å². The van der Waals surface area contributed by atoms with Gasteiger partial charge in [0.1, 0.15) is 10.0 Å². The van der Waals surface area contributed by atoms with Crippen LogP contribution in [0.15, 0.2) is 24.5 Å². The second-order valence-electron chi connectivity index (χ2n) is 3.38. The predicted molar refractivity (Wildman–Crippen MR) is 71.4 cm³/mol. The van der Waals surface area contributed by atoms with Gasteiger partial charge in [0.25, 0.3) is 0 Å². The van der Waals surface area contributed by atoms with E-state index in [1.165, 1.54) is 16.2 Å². The van der Waals surface area contributed by atoms with Crippen molar-refractivity contribution in [3.05, 3.63) is 29.7 Å². The van der Waals surface area contributed by atoms with Gasteiger partial charge in [0.05, 0.1) is 0 Å². The Kier molecular flexibility index (Phi) is 3.78. The summed E-state index contributed by atoms with van der Waals surface area (Å²) in [4.78, 5) is 20.4. The Bertz CT molecular complexity index is 559. The molecule has 0 aliphatic carbocycles. The Morgan fingerprint density at radius 3 is 2.94 bits per heavy atom. The summed E-state index contributed by atoms with van der Waals surface area (Å²) in [6, 6.07) is 3.64. The number of anilines is 1. The maximum Gasteiger partial charge on any atom is 0.412 e. The molecule has 0 aliphatic heterocycles. The summed E-state index contributed by atoms with van der Waals surface area (Å²) in [6.07, 6.45) is 2.28. The minimum Gasteiger partial charge on any atom is -0.465 e. The second kappa shape index (κ2) is 5.32. The summed E-state index contributed by atoms with van der Waals surface area (Å²) in [7, 11) is 0. The quantitative estimate of drug-likeness (QED) is 0.938. The normalized spacial score (nSPS) is 10.3. The van der Waals surface area contributed by atoms with Crippen molar-refractivity contribution in [3.8, 4) is 10.6 Å². The van der Waals surface area contributed by atoms with Crippen LogP contribution in [0, 0.1) is 0 Å². The Hall–Kier alpha value is -1.66. The van der Waals surface area contributed by atoms with E-state index in [0.29, 0.717) is 16.6 Å². The number of rotatable bonds is 3. The van der Waals surface area contributed by atoms with Crippen molar-refractivity contribution in [2.75, 3.05) is 11.4 Å². The Morgan fingerprint density at radius 1 is 1.61 bits per heavy atom. The number of thiazole rings is 1. The van der Waals surface area contributed by atoms with E-state index in [1.807, 2.05) is 6.07 Å². The summed E-state index contributed by atoms with van der Waals surface area (Å²) in [6.45, 7) is 2.07. The minimum absolute atomic E-state index is 0.197.